The van der Waals surface area contributed by atoms with E-state index in [1.165, 1.54) is 44.9 Å². The number of nitrogens with zero attached hydrogens (tertiary/aromatic N) is 1. The predicted molar refractivity (Wildman–Crippen MR) is 150 cm³/mol. The second kappa shape index (κ2) is 14.8. The monoisotopic (exact) mass is 562 g/mol. The zero-order valence-electron chi connectivity index (χ0n) is 23.0. The molecule has 0 aromatic heterocycles. The summed E-state index contributed by atoms with van der Waals surface area (Å²) in [6, 6.07) is 0. The molecule has 2 aliphatic heterocycles. The van der Waals surface area contributed by atoms with Crippen LogP contribution < -0.4 is 5.32 Å². The van der Waals surface area contributed by atoms with Gasteiger partial charge in [-0.05, 0) is 82.1 Å². The van der Waals surface area contributed by atoms with Crippen LogP contribution in [0.1, 0.15) is 89.9 Å². The number of piperidine rings is 1. The Labute approximate surface area is 235 Å². The lowest BCUT2D eigenvalue weighted by molar-refractivity contribution is -0.0803. The van der Waals surface area contributed by atoms with Gasteiger partial charge in [-0.15, -0.1) is 23.2 Å². The van der Waals surface area contributed by atoms with Gasteiger partial charge in [-0.25, -0.2) is 0 Å². The average molecular weight is 564 g/mol. The van der Waals surface area contributed by atoms with Crippen molar-refractivity contribution in [2.45, 2.75) is 125 Å². The molecule has 4 rings (SSSR count). The van der Waals surface area contributed by atoms with E-state index in [0.717, 1.165) is 64.7 Å². The standard InChI is InChI=1S/C29H52Cl2N2O4/c1-36-26-10-6-5-7-22(26)19-32-28(34)17-21(27-18-24(30)25(31)20-37-27)11-14-33-15-12-29(35,13-16-33)23-8-3-2-4-9-23/h21-28,32,34-35H,2-20H2,1H3. The molecule has 0 amide bonds. The van der Waals surface area contributed by atoms with Crippen LogP contribution in [-0.2, 0) is 9.47 Å². The zero-order chi connectivity index (χ0) is 26.3. The number of aliphatic hydroxyl groups excluding tert-OH is 1. The summed E-state index contributed by atoms with van der Waals surface area (Å²) in [6.45, 7) is 4.12. The van der Waals surface area contributed by atoms with Crippen LogP contribution in [-0.4, -0.2) is 89.8 Å². The van der Waals surface area contributed by atoms with E-state index in [4.69, 9.17) is 32.7 Å². The number of ether oxygens (including phenoxy) is 2. The lowest BCUT2D eigenvalue weighted by Gasteiger charge is -2.45. The van der Waals surface area contributed by atoms with E-state index in [1.807, 2.05) is 0 Å². The van der Waals surface area contributed by atoms with Crippen LogP contribution in [0.2, 0.25) is 0 Å². The fraction of sp³-hybridized carbons (Fsp3) is 1.00. The molecule has 4 aliphatic rings. The second-order valence-electron chi connectivity index (χ2n) is 12.4. The van der Waals surface area contributed by atoms with Crippen molar-refractivity contribution >= 4 is 23.2 Å². The van der Waals surface area contributed by atoms with Crippen LogP contribution in [0.3, 0.4) is 0 Å². The molecule has 7 atom stereocenters. The van der Waals surface area contributed by atoms with Crippen molar-refractivity contribution in [3.8, 4) is 0 Å². The van der Waals surface area contributed by atoms with E-state index in [1.54, 1.807) is 7.11 Å². The molecule has 0 bridgehead atoms. The summed E-state index contributed by atoms with van der Waals surface area (Å²) < 4.78 is 11.9. The number of hydrogen-bond donors (Lipinski definition) is 3. The van der Waals surface area contributed by atoms with Gasteiger partial charge in [0.25, 0.3) is 0 Å². The number of hydrogen-bond acceptors (Lipinski definition) is 6. The SMILES string of the molecule is COC1CCCCC1CNC(O)CC(CCN1CCC(O)(C2CCCCC2)CC1)C1CC(Cl)C(Cl)CO1. The van der Waals surface area contributed by atoms with E-state index in [-0.39, 0.29) is 28.9 Å². The molecule has 3 N–H and O–H groups in total. The molecule has 4 fully saturated rings. The van der Waals surface area contributed by atoms with Gasteiger partial charge in [0.05, 0.1) is 35.2 Å². The molecule has 2 aliphatic carbocycles. The first-order valence-corrected chi connectivity index (χ1v) is 16.0. The van der Waals surface area contributed by atoms with Crippen molar-refractivity contribution in [3.05, 3.63) is 0 Å². The summed E-state index contributed by atoms with van der Waals surface area (Å²) in [5.41, 5.74) is -0.469. The maximum absolute atomic E-state index is 11.3. The van der Waals surface area contributed by atoms with E-state index in [2.05, 4.69) is 10.2 Å². The van der Waals surface area contributed by atoms with E-state index >= 15 is 0 Å². The molecule has 0 aromatic carbocycles. The van der Waals surface area contributed by atoms with Crippen LogP contribution in [0.5, 0.6) is 0 Å². The number of rotatable bonds is 11. The lowest BCUT2D eigenvalue weighted by Crippen LogP contribution is -2.50. The molecule has 7 unspecified atom stereocenters. The Kier molecular flexibility index (Phi) is 12.1. The highest BCUT2D eigenvalue weighted by Gasteiger charge is 2.40. The lowest BCUT2D eigenvalue weighted by atomic mass is 9.72. The average Bonchev–Trinajstić information content (AvgIpc) is 2.93. The first-order valence-electron chi connectivity index (χ1n) is 15.2. The summed E-state index contributed by atoms with van der Waals surface area (Å²) in [5, 5.41) is 25.5. The maximum Gasteiger partial charge on any atom is 0.105 e. The molecular weight excluding hydrogens is 511 g/mol. The summed E-state index contributed by atoms with van der Waals surface area (Å²) in [4.78, 5) is 2.50. The zero-order valence-corrected chi connectivity index (χ0v) is 24.5. The van der Waals surface area contributed by atoms with Crippen LogP contribution in [0, 0.1) is 17.8 Å². The second-order valence-corrected chi connectivity index (χ2v) is 13.6. The van der Waals surface area contributed by atoms with Gasteiger partial charge in [0.1, 0.15) is 6.23 Å². The van der Waals surface area contributed by atoms with Gasteiger partial charge in [-0.3, -0.25) is 5.32 Å². The summed E-state index contributed by atoms with van der Waals surface area (Å²) in [6.07, 6.45) is 14.8. The molecule has 0 radical (unpaired) electrons. The van der Waals surface area contributed by atoms with Gasteiger partial charge >= 0.3 is 0 Å². The Bertz CT molecular complexity index is 660. The first kappa shape index (κ1) is 30.3. The van der Waals surface area contributed by atoms with Crippen molar-refractivity contribution in [1.82, 2.24) is 10.2 Å². The molecule has 2 heterocycles. The van der Waals surface area contributed by atoms with Crippen molar-refractivity contribution in [1.29, 1.82) is 0 Å². The molecule has 216 valence electrons. The van der Waals surface area contributed by atoms with Gasteiger partial charge in [-0.1, -0.05) is 32.1 Å². The third-order valence-corrected chi connectivity index (χ3v) is 11.1. The number of halogens is 2. The summed E-state index contributed by atoms with van der Waals surface area (Å²) in [5.74, 6) is 1.15. The Hall–Kier alpha value is 0.340. The fourth-order valence-electron chi connectivity index (χ4n) is 7.48. The summed E-state index contributed by atoms with van der Waals surface area (Å²) in [7, 11) is 1.80. The Morgan fingerprint density at radius 3 is 2.43 bits per heavy atom. The maximum atomic E-state index is 11.3. The van der Waals surface area contributed by atoms with E-state index in [0.29, 0.717) is 24.9 Å². The minimum atomic E-state index is -0.576. The van der Waals surface area contributed by atoms with Gasteiger partial charge < -0.3 is 24.6 Å². The molecule has 8 heteroatoms. The largest absolute Gasteiger partial charge is 0.390 e. The van der Waals surface area contributed by atoms with Gasteiger partial charge in [0.2, 0.25) is 0 Å². The minimum absolute atomic E-state index is 0.0133. The van der Waals surface area contributed by atoms with Crippen molar-refractivity contribution < 1.29 is 19.7 Å². The first-order chi connectivity index (χ1) is 17.9. The molecular formula is C29H52Cl2N2O4. The number of likely N-dealkylation sites (tertiary alicyclic amines) is 1. The van der Waals surface area contributed by atoms with E-state index in [9.17, 15) is 10.2 Å². The Balaban J connectivity index is 1.27. The molecule has 37 heavy (non-hydrogen) atoms. The highest BCUT2D eigenvalue weighted by atomic mass is 35.5. The van der Waals surface area contributed by atoms with Crippen molar-refractivity contribution in [3.63, 3.8) is 0 Å². The Morgan fingerprint density at radius 2 is 1.73 bits per heavy atom. The van der Waals surface area contributed by atoms with Gasteiger partial charge in [0, 0.05) is 26.7 Å². The smallest absolute Gasteiger partial charge is 0.105 e. The molecule has 2 saturated heterocycles. The number of alkyl halides is 2. The fourth-order valence-corrected chi connectivity index (χ4v) is 7.90. The highest BCUT2D eigenvalue weighted by Crippen LogP contribution is 2.39. The highest BCUT2D eigenvalue weighted by molar-refractivity contribution is 6.30. The minimum Gasteiger partial charge on any atom is -0.390 e. The predicted octanol–water partition coefficient (Wildman–Crippen LogP) is 4.91. The third kappa shape index (κ3) is 8.66. The van der Waals surface area contributed by atoms with Crippen molar-refractivity contribution in [2.75, 3.05) is 39.9 Å². The van der Waals surface area contributed by atoms with Crippen molar-refractivity contribution in [2.24, 2.45) is 17.8 Å². The van der Waals surface area contributed by atoms with Gasteiger partial charge in [0.15, 0.2) is 0 Å². The number of aliphatic hydroxyl groups is 2. The normalized spacial score (nSPS) is 35.8. The molecule has 0 spiro atoms. The molecule has 6 nitrogen and oxygen atoms in total. The summed E-state index contributed by atoms with van der Waals surface area (Å²) >= 11 is 12.9. The van der Waals surface area contributed by atoms with E-state index < -0.39 is 11.8 Å². The third-order valence-electron chi connectivity index (χ3n) is 10.0. The van der Waals surface area contributed by atoms with Gasteiger partial charge in [-0.2, -0.15) is 0 Å². The topological polar surface area (TPSA) is 74.2 Å². The molecule has 2 saturated carbocycles. The van der Waals surface area contributed by atoms with Crippen LogP contribution in [0.15, 0.2) is 0 Å². The molecule has 0 aromatic rings. The number of nitrogens with one attached hydrogen (secondary N) is 1. The Morgan fingerprint density at radius 1 is 1.03 bits per heavy atom. The van der Waals surface area contributed by atoms with Crippen LogP contribution in [0.4, 0.5) is 0 Å². The van der Waals surface area contributed by atoms with Crippen LogP contribution in [0.25, 0.3) is 0 Å². The quantitative estimate of drug-likeness (QED) is 0.245. The van der Waals surface area contributed by atoms with Crippen LogP contribution >= 0.6 is 23.2 Å². The number of methoxy groups -OCH3 is 1.